The summed E-state index contributed by atoms with van der Waals surface area (Å²) in [4.78, 5) is 23.9. The Morgan fingerprint density at radius 1 is 1.45 bits per heavy atom. The highest BCUT2D eigenvalue weighted by atomic mass is 16.2. The highest BCUT2D eigenvalue weighted by Gasteiger charge is 2.27. The zero-order valence-corrected chi connectivity index (χ0v) is 12.2. The number of amides is 2. The highest BCUT2D eigenvalue weighted by Crippen LogP contribution is 2.38. The molecule has 0 aromatic carbocycles. The smallest absolute Gasteiger partial charge is 0.272 e. The van der Waals surface area contributed by atoms with Gasteiger partial charge in [-0.05, 0) is 31.2 Å². The first kappa shape index (κ1) is 14.6. The molecule has 2 amide bonds. The summed E-state index contributed by atoms with van der Waals surface area (Å²) in [6.45, 7) is 4.03. The molecule has 0 radical (unpaired) electrons. The molecular formula is C14H22N4O2. The van der Waals surface area contributed by atoms with Crippen LogP contribution in [0.4, 0.5) is 0 Å². The van der Waals surface area contributed by atoms with Gasteiger partial charge in [0.15, 0.2) is 0 Å². The largest absolute Gasteiger partial charge is 0.357 e. The molecule has 1 atom stereocenters. The van der Waals surface area contributed by atoms with Gasteiger partial charge < -0.3 is 10.6 Å². The van der Waals surface area contributed by atoms with Crippen LogP contribution in [0.25, 0.3) is 0 Å². The van der Waals surface area contributed by atoms with Crippen molar-refractivity contribution in [2.45, 2.75) is 45.1 Å². The summed E-state index contributed by atoms with van der Waals surface area (Å²) in [7, 11) is 1.57. The molecule has 3 N–H and O–H groups in total. The fourth-order valence-corrected chi connectivity index (χ4v) is 2.17. The summed E-state index contributed by atoms with van der Waals surface area (Å²) in [6.07, 6.45) is 2.90. The molecule has 20 heavy (non-hydrogen) atoms. The first-order valence-corrected chi connectivity index (χ1v) is 7.09. The summed E-state index contributed by atoms with van der Waals surface area (Å²) in [5.41, 5.74) is 1.36. The molecule has 6 heteroatoms. The van der Waals surface area contributed by atoms with Gasteiger partial charge in [-0.25, -0.2) is 0 Å². The third kappa shape index (κ3) is 3.59. The molecule has 0 bridgehead atoms. The van der Waals surface area contributed by atoms with Crippen molar-refractivity contribution in [1.29, 1.82) is 0 Å². The second-order valence-electron chi connectivity index (χ2n) is 5.75. The van der Waals surface area contributed by atoms with Crippen LogP contribution in [-0.4, -0.2) is 35.1 Å². The first-order chi connectivity index (χ1) is 9.51. The molecule has 1 aliphatic rings. The SMILES string of the molecule is CNC(=O)[C@@H](CC(C)C)NC(=O)c1cc(C2CC2)[nH]n1. The van der Waals surface area contributed by atoms with E-state index in [1.54, 1.807) is 13.1 Å². The van der Waals surface area contributed by atoms with Crippen LogP contribution in [0, 0.1) is 5.92 Å². The zero-order chi connectivity index (χ0) is 14.7. The van der Waals surface area contributed by atoms with Crippen molar-refractivity contribution in [1.82, 2.24) is 20.8 Å². The lowest BCUT2D eigenvalue weighted by Crippen LogP contribution is -2.46. The minimum atomic E-state index is -0.520. The Morgan fingerprint density at radius 2 is 2.15 bits per heavy atom. The van der Waals surface area contributed by atoms with E-state index in [-0.39, 0.29) is 11.8 Å². The predicted octanol–water partition coefficient (Wildman–Crippen LogP) is 1.18. The maximum absolute atomic E-state index is 12.1. The first-order valence-electron chi connectivity index (χ1n) is 7.09. The number of carbonyl (C=O) groups is 2. The molecule has 0 saturated heterocycles. The number of hydrogen-bond donors (Lipinski definition) is 3. The normalized spacial score (nSPS) is 16.0. The van der Waals surface area contributed by atoms with Crippen LogP contribution in [-0.2, 0) is 4.79 Å². The minimum absolute atomic E-state index is 0.176. The third-order valence-electron chi connectivity index (χ3n) is 3.42. The molecule has 1 aromatic heterocycles. The van der Waals surface area contributed by atoms with Crippen LogP contribution in [0.2, 0.25) is 0 Å². The number of carbonyl (C=O) groups excluding carboxylic acids is 2. The number of nitrogens with zero attached hydrogens (tertiary/aromatic N) is 1. The van der Waals surface area contributed by atoms with Gasteiger partial charge in [-0.2, -0.15) is 5.10 Å². The zero-order valence-electron chi connectivity index (χ0n) is 12.2. The standard InChI is InChI=1S/C14H22N4O2/c1-8(2)6-11(13(19)15-3)16-14(20)12-7-10(17-18-12)9-4-5-9/h7-9,11H,4-6H2,1-3H3,(H,15,19)(H,16,20)(H,17,18)/t11-/m1/s1. The van der Waals surface area contributed by atoms with Crippen molar-refractivity contribution < 1.29 is 9.59 Å². The third-order valence-corrected chi connectivity index (χ3v) is 3.42. The van der Waals surface area contributed by atoms with E-state index in [0.29, 0.717) is 24.0 Å². The molecule has 2 rings (SSSR count). The molecule has 1 fully saturated rings. The van der Waals surface area contributed by atoms with E-state index in [4.69, 9.17) is 0 Å². The van der Waals surface area contributed by atoms with Gasteiger partial charge in [0.05, 0.1) is 0 Å². The number of aromatic nitrogens is 2. The maximum atomic E-state index is 12.1. The average molecular weight is 278 g/mol. The summed E-state index contributed by atoms with van der Waals surface area (Å²) in [6, 6.07) is 1.26. The monoisotopic (exact) mass is 278 g/mol. The van der Waals surface area contributed by atoms with E-state index < -0.39 is 6.04 Å². The molecule has 0 aliphatic heterocycles. The van der Waals surface area contributed by atoms with Crippen molar-refractivity contribution in [3.63, 3.8) is 0 Å². The van der Waals surface area contributed by atoms with Gasteiger partial charge >= 0.3 is 0 Å². The molecule has 110 valence electrons. The van der Waals surface area contributed by atoms with Gasteiger partial charge in [0.1, 0.15) is 11.7 Å². The van der Waals surface area contributed by atoms with E-state index in [1.807, 2.05) is 13.8 Å². The van der Waals surface area contributed by atoms with E-state index in [0.717, 1.165) is 18.5 Å². The van der Waals surface area contributed by atoms with Gasteiger partial charge in [-0.15, -0.1) is 0 Å². The quantitative estimate of drug-likeness (QED) is 0.730. The highest BCUT2D eigenvalue weighted by molar-refractivity contribution is 5.96. The van der Waals surface area contributed by atoms with E-state index in [1.165, 1.54) is 0 Å². The van der Waals surface area contributed by atoms with E-state index >= 15 is 0 Å². The summed E-state index contributed by atoms with van der Waals surface area (Å²) in [5, 5.41) is 12.3. The van der Waals surface area contributed by atoms with Crippen molar-refractivity contribution in [2.24, 2.45) is 5.92 Å². The second-order valence-corrected chi connectivity index (χ2v) is 5.75. The number of nitrogens with one attached hydrogen (secondary N) is 3. The van der Waals surface area contributed by atoms with Crippen LogP contribution in [0.15, 0.2) is 6.07 Å². The predicted molar refractivity (Wildman–Crippen MR) is 75.3 cm³/mol. The average Bonchev–Trinajstić information content (AvgIpc) is 3.14. The van der Waals surface area contributed by atoms with Crippen molar-refractivity contribution >= 4 is 11.8 Å². The van der Waals surface area contributed by atoms with Crippen LogP contribution in [0.3, 0.4) is 0 Å². The van der Waals surface area contributed by atoms with Gasteiger partial charge in [0, 0.05) is 18.7 Å². The Hall–Kier alpha value is -1.85. The lowest BCUT2D eigenvalue weighted by atomic mass is 10.0. The van der Waals surface area contributed by atoms with Gasteiger partial charge in [0.2, 0.25) is 5.91 Å². The Balaban J connectivity index is 2.00. The van der Waals surface area contributed by atoms with Crippen LogP contribution in [0.1, 0.15) is 55.2 Å². The van der Waals surface area contributed by atoms with Crippen LogP contribution < -0.4 is 10.6 Å². The molecular weight excluding hydrogens is 256 g/mol. The molecule has 1 aromatic rings. The fraction of sp³-hybridized carbons (Fsp3) is 0.643. The summed E-state index contributed by atoms with van der Waals surface area (Å²) >= 11 is 0. The Bertz CT molecular complexity index is 491. The molecule has 1 saturated carbocycles. The fourth-order valence-electron chi connectivity index (χ4n) is 2.17. The van der Waals surface area contributed by atoms with Gasteiger partial charge in [-0.1, -0.05) is 13.8 Å². The van der Waals surface area contributed by atoms with Crippen LogP contribution in [0.5, 0.6) is 0 Å². The Labute approximate surface area is 118 Å². The number of rotatable bonds is 6. The molecule has 1 heterocycles. The Kier molecular flexibility index (Phi) is 4.42. The van der Waals surface area contributed by atoms with Gasteiger partial charge in [-0.3, -0.25) is 14.7 Å². The summed E-state index contributed by atoms with van der Waals surface area (Å²) in [5.74, 6) is 0.362. The molecule has 0 spiro atoms. The van der Waals surface area contributed by atoms with Gasteiger partial charge in [0.25, 0.3) is 5.91 Å². The van der Waals surface area contributed by atoms with E-state index in [2.05, 4.69) is 20.8 Å². The summed E-state index contributed by atoms with van der Waals surface area (Å²) < 4.78 is 0. The number of aromatic amines is 1. The lowest BCUT2D eigenvalue weighted by molar-refractivity contribution is -0.122. The van der Waals surface area contributed by atoms with E-state index in [9.17, 15) is 9.59 Å². The molecule has 6 nitrogen and oxygen atoms in total. The number of hydrogen-bond acceptors (Lipinski definition) is 3. The van der Waals surface area contributed by atoms with Crippen molar-refractivity contribution in [3.05, 3.63) is 17.5 Å². The number of likely N-dealkylation sites (N-methyl/N-ethyl adjacent to an activating group) is 1. The topological polar surface area (TPSA) is 86.9 Å². The van der Waals surface area contributed by atoms with Crippen molar-refractivity contribution in [2.75, 3.05) is 7.05 Å². The second kappa shape index (κ2) is 6.07. The Morgan fingerprint density at radius 3 is 2.70 bits per heavy atom. The van der Waals surface area contributed by atoms with Crippen molar-refractivity contribution in [3.8, 4) is 0 Å². The lowest BCUT2D eigenvalue weighted by Gasteiger charge is -2.18. The maximum Gasteiger partial charge on any atom is 0.272 e. The molecule has 0 unspecified atom stereocenters. The molecule has 1 aliphatic carbocycles. The van der Waals surface area contributed by atoms with Crippen LogP contribution >= 0.6 is 0 Å². The number of H-pyrrole nitrogens is 1. The minimum Gasteiger partial charge on any atom is -0.357 e.